The van der Waals surface area contributed by atoms with Gasteiger partial charge in [-0.2, -0.15) is 0 Å². The summed E-state index contributed by atoms with van der Waals surface area (Å²) >= 11 is 0. The Kier molecular flexibility index (Phi) is 5.28. The molecule has 3 aromatic heterocycles. The molecule has 0 saturated heterocycles. The number of aromatic nitrogens is 2. The lowest BCUT2D eigenvalue weighted by atomic mass is 9.91. The lowest BCUT2D eigenvalue weighted by Gasteiger charge is -2.14. The second-order valence-corrected chi connectivity index (χ2v) is 11.9. The molecule has 3 heterocycles. The lowest BCUT2D eigenvalue weighted by molar-refractivity contribution is 0.670. The van der Waals surface area contributed by atoms with Crippen molar-refractivity contribution in [2.45, 2.75) is 0 Å². The van der Waals surface area contributed by atoms with Gasteiger partial charge in [0, 0.05) is 54.5 Å². The Morgan fingerprint density at radius 3 is 1.98 bits per heavy atom. The molecule has 46 heavy (non-hydrogen) atoms. The molecule has 0 radical (unpaired) electrons. The van der Waals surface area contributed by atoms with Gasteiger partial charge in [0.2, 0.25) is 0 Å². The second-order valence-electron chi connectivity index (χ2n) is 11.9. The van der Waals surface area contributed by atoms with E-state index in [0.717, 1.165) is 71.8 Å². The fourth-order valence-electron chi connectivity index (χ4n) is 7.35. The maximum Gasteiger partial charge on any atom is 0.143 e. The molecule has 0 aliphatic rings. The number of benzene rings is 7. The molecular formula is C43H26N2O. The summed E-state index contributed by atoms with van der Waals surface area (Å²) in [7, 11) is 0. The van der Waals surface area contributed by atoms with E-state index in [0.29, 0.717) is 0 Å². The second kappa shape index (κ2) is 9.65. The normalized spacial score (nSPS) is 11.9. The highest BCUT2D eigenvalue weighted by Crippen LogP contribution is 2.46. The van der Waals surface area contributed by atoms with Crippen LogP contribution in [0.4, 0.5) is 0 Å². The first-order valence-electron chi connectivity index (χ1n) is 15.6. The molecule has 0 atom stereocenters. The van der Waals surface area contributed by atoms with Crippen LogP contribution in [0.1, 0.15) is 0 Å². The Labute approximate surface area is 264 Å². The van der Waals surface area contributed by atoms with Crippen LogP contribution >= 0.6 is 0 Å². The zero-order valence-corrected chi connectivity index (χ0v) is 24.8. The molecule has 3 nitrogen and oxygen atoms in total. The summed E-state index contributed by atoms with van der Waals surface area (Å²) in [6, 6.07) is 55.8. The molecule has 0 saturated carbocycles. The van der Waals surface area contributed by atoms with Crippen LogP contribution in [0.15, 0.2) is 162 Å². The van der Waals surface area contributed by atoms with Crippen LogP contribution in [0, 0.1) is 0 Å². The first kappa shape index (κ1) is 25.2. The zero-order valence-electron chi connectivity index (χ0n) is 24.8. The molecule has 0 fully saturated rings. The number of fused-ring (bicyclic) bond motifs is 10. The molecule has 3 heteroatoms. The van der Waals surface area contributed by atoms with Crippen molar-refractivity contribution in [1.82, 2.24) is 9.55 Å². The summed E-state index contributed by atoms with van der Waals surface area (Å²) < 4.78 is 9.17. The molecule has 7 aromatic carbocycles. The van der Waals surface area contributed by atoms with E-state index in [1.807, 2.05) is 6.07 Å². The summed E-state index contributed by atoms with van der Waals surface area (Å²) in [6.45, 7) is 0. The molecule has 10 aromatic rings. The summed E-state index contributed by atoms with van der Waals surface area (Å²) in [5.41, 5.74) is 10.5. The number of nitrogens with zero attached hydrogens (tertiary/aromatic N) is 2. The van der Waals surface area contributed by atoms with Gasteiger partial charge in [0.1, 0.15) is 11.2 Å². The van der Waals surface area contributed by atoms with Crippen LogP contribution in [0.5, 0.6) is 0 Å². The molecule has 0 bridgehead atoms. The Balaban J connectivity index is 1.38. The Morgan fingerprint density at radius 1 is 0.457 bits per heavy atom. The molecule has 0 N–H and O–H groups in total. The summed E-state index contributed by atoms with van der Waals surface area (Å²) in [5.74, 6) is 0. The minimum absolute atomic E-state index is 0.882. The average Bonchev–Trinajstić information content (AvgIpc) is 3.67. The maximum atomic E-state index is 6.80. The zero-order chi connectivity index (χ0) is 30.2. The van der Waals surface area contributed by atoms with Crippen LogP contribution in [-0.2, 0) is 0 Å². The maximum absolute atomic E-state index is 6.80. The van der Waals surface area contributed by atoms with E-state index >= 15 is 0 Å². The van der Waals surface area contributed by atoms with E-state index in [4.69, 9.17) is 9.40 Å². The van der Waals surface area contributed by atoms with Gasteiger partial charge in [0.05, 0.1) is 22.2 Å². The average molecular weight is 587 g/mol. The highest BCUT2D eigenvalue weighted by atomic mass is 16.3. The van der Waals surface area contributed by atoms with Crippen molar-refractivity contribution >= 4 is 65.4 Å². The van der Waals surface area contributed by atoms with Gasteiger partial charge in [0.15, 0.2) is 0 Å². The monoisotopic (exact) mass is 586 g/mol. The SMILES string of the molecule is c1ccc(-c2nc3ccccc3c3c2cc(-c2ccc4c5ccccc5n(-c5ccccc5)c4c2)c2oc4ccccc4c23)cc1. The number of furan rings is 1. The summed E-state index contributed by atoms with van der Waals surface area (Å²) in [4.78, 5) is 5.28. The quantitative estimate of drug-likeness (QED) is 0.193. The third kappa shape index (κ3) is 3.57. The van der Waals surface area contributed by atoms with Gasteiger partial charge in [0.25, 0.3) is 0 Å². The largest absolute Gasteiger partial charge is 0.455 e. The van der Waals surface area contributed by atoms with Crippen LogP contribution in [0.25, 0.3) is 93.5 Å². The molecule has 0 spiro atoms. The molecule has 0 unspecified atom stereocenters. The molecule has 10 rings (SSSR count). The fraction of sp³-hybridized carbons (Fsp3) is 0. The van der Waals surface area contributed by atoms with Crippen LogP contribution in [-0.4, -0.2) is 9.55 Å². The van der Waals surface area contributed by atoms with E-state index in [-0.39, 0.29) is 0 Å². The molecule has 0 aliphatic carbocycles. The number of rotatable bonds is 3. The highest BCUT2D eigenvalue weighted by molar-refractivity contribution is 6.30. The highest BCUT2D eigenvalue weighted by Gasteiger charge is 2.22. The van der Waals surface area contributed by atoms with E-state index in [1.54, 1.807) is 0 Å². The predicted octanol–water partition coefficient (Wildman–Crippen LogP) is 11.7. The minimum Gasteiger partial charge on any atom is -0.455 e. The van der Waals surface area contributed by atoms with Gasteiger partial charge in [-0.05, 0) is 48.0 Å². The van der Waals surface area contributed by atoms with Crippen LogP contribution in [0.2, 0.25) is 0 Å². The van der Waals surface area contributed by atoms with Crippen molar-refractivity contribution in [2.24, 2.45) is 0 Å². The van der Waals surface area contributed by atoms with E-state index in [1.165, 1.54) is 21.7 Å². The van der Waals surface area contributed by atoms with Crippen molar-refractivity contribution in [3.8, 4) is 28.1 Å². The van der Waals surface area contributed by atoms with E-state index in [9.17, 15) is 0 Å². The third-order valence-electron chi connectivity index (χ3n) is 9.36. The van der Waals surface area contributed by atoms with Crippen molar-refractivity contribution in [3.63, 3.8) is 0 Å². The lowest BCUT2D eigenvalue weighted by Crippen LogP contribution is -1.94. The number of hydrogen-bond acceptors (Lipinski definition) is 2. The number of pyridine rings is 1. The predicted molar refractivity (Wildman–Crippen MR) is 192 cm³/mol. The molecule has 0 aliphatic heterocycles. The summed E-state index contributed by atoms with van der Waals surface area (Å²) in [6.07, 6.45) is 0. The van der Waals surface area contributed by atoms with Crippen molar-refractivity contribution in [1.29, 1.82) is 0 Å². The van der Waals surface area contributed by atoms with Crippen LogP contribution < -0.4 is 0 Å². The Bertz CT molecular complexity index is 2790. The number of para-hydroxylation sites is 4. The smallest absolute Gasteiger partial charge is 0.143 e. The van der Waals surface area contributed by atoms with Crippen molar-refractivity contribution < 1.29 is 4.42 Å². The standard InChI is InChI=1S/C43H26N2O/c1-3-13-27(14-4-1)42-35-26-34(43-41(33-19-9-12-22-39(33)46-43)40(35)32-18-7-10-20-36(32)44-42)28-23-24-31-30-17-8-11-21-37(30)45(38(31)25-28)29-15-5-2-6-16-29/h1-26H. The van der Waals surface area contributed by atoms with Gasteiger partial charge < -0.3 is 8.98 Å². The number of hydrogen-bond donors (Lipinski definition) is 0. The first-order chi connectivity index (χ1) is 22.8. The Morgan fingerprint density at radius 2 is 1.13 bits per heavy atom. The van der Waals surface area contributed by atoms with Gasteiger partial charge in [-0.25, -0.2) is 4.98 Å². The first-order valence-corrected chi connectivity index (χ1v) is 15.6. The molecular weight excluding hydrogens is 560 g/mol. The van der Waals surface area contributed by atoms with Gasteiger partial charge in [-0.15, -0.1) is 0 Å². The van der Waals surface area contributed by atoms with Crippen molar-refractivity contribution in [2.75, 3.05) is 0 Å². The third-order valence-corrected chi connectivity index (χ3v) is 9.36. The van der Waals surface area contributed by atoms with Gasteiger partial charge in [-0.1, -0.05) is 115 Å². The van der Waals surface area contributed by atoms with Crippen LogP contribution in [0.3, 0.4) is 0 Å². The molecule has 214 valence electrons. The molecule has 0 amide bonds. The van der Waals surface area contributed by atoms with Crippen molar-refractivity contribution in [3.05, 3.63) is 158 Å². The van der Waals surface area contributed by atoms with Gasteiger partial charge in [-0.3, -0.25) is 0 Å². The van der Waals surface area contributed by atoms with E-state index < -0.39 is 0 Å². The topological polar surface area (TPSA) is 31.0 Å². The fourth-order valence-corrected chi connectivity index (χ4v) is 7.35. The van der Waals surface area contributed by atoms with E-state index in [2.05, 4.69) is 156 Å². The van der Waals surface area contributed by atoms with Gasteiger partial charge >= 0.3 is 0 Å². The minimum atomic E-state index is 0.882. The summed E-state index contributed by atoms with van der Waals surface area (Å²) in [5, 5.41) is 8.11. The Hall–Kier alpha value is -6.19.